The van der Waals surface area contributed by atoms with Gasteiger partial charge in [0.2, 0.25) is 0 Å². The van der Waals surface area contributed by atoms with Crippen molar-refractivity contribution in [2.24, 2.45) is 7.05 Å². The molecule has 0 spiro atoms. The summed E-state index contributed by atoms with van der Waals surface area (Å²) in [6.45, 7) is 1.43. The van der Waals surface area contributed by atoms with Gasteiger partial charge >= 0.3 is 5.97 Å². The lowest BCUT2D eigenvalue weighted by molar-refractivity contribution is -0.153. The molecular formula is C14H19N3O3. The van der Waals surface area contributed by atoms with E-state index in [4.69, 9.17) is 10.00 Å². The van der Waals surface area contributed by atoms with E-state index < -0.39 is 11.5 Å². The predicted octanol–water partition coefficient (Wildman–Crippen LogP) is 0.962. The zero-order valence-corrected chi connectivity index (χ0v) is 11.8. The van der Waals surface area contributed by atoms with Crippen LogP contribution >= 0.6 is 0 Å². The van der Waals surface area contributed by atoms with E-state index in [-0.39, 0.29) is 6.61 Å². The topological polar surface area (TPSA) is 78.5 Å². The van der Waals surface area contributed by atoms with Crippen LogP contribution in [0.4, 0.5) is 0 Å². The summed E-state index contributed by atoms with van der Waals surface area (Å²) in [5.74, 6) is -0.840. The van der Waals surface area contributed by atoms with Crippen LogP contribution in [0.2, 0.25) is 0 Å². The van der Waals surface area contributed by atoms with Crippen molar-refractivity contribution in [3.8, 4) is 6.07 Å². The summed E-state index contributed by atoms with van der Waals surface area (Å²) < 4.78 is 6.88. The van der Waals surface area contributed by atoms with Gasteiger partial charge in [0, 0.05) is 26.9 Å². The number of aryl methyl sites for hydroxylation is 1. The fraction of sp³-hybridized carbons (Fsp3) is 0.571. The highest BCUT2D eigenvalue weighted by Gasteiger charge is 2.47. The molecule has 1 unspecified atom stereocenters. The van der Waals surface area contributed by atoms with Crippen LogP contribution in [0.25, 0.3) is 0 Å². The standard InChI is InChI=1S/C14H19N3O3/c1-16-8-11(6-12(16)7-15)9-17-5-3-4-14(17,10-20-2)13(18)19/h6,8H,3-5,9-10H2,1-2H3,(H,18,19). The number of carboxylic acid groups (broad SMARTS) is 1. The Balaban J connectivity index is 2.22. The number of likely N-dealkylation sites (tertiary alicyclic amines) is 1. The molecule has 0 bridgehead atoms. The van der Waals surface area contributed by atoms with E-state index >= 15 is 0 Å². The molecule has 1 aliphatic rings. The molecule has 1 aromatic heterocycles. The number of ether oxygens (including phenoxy) is 1. The normalized spacial score (nSPS) is 22.9. The zero-order chi connectivity index (χ0) is 14.8. The van der Waals surface area contributed by atoms with Gasteiger partial charge in [0.05, 0.1) is 6.61 Å². The third kappa shape index (κ3) is 2.42. The number of hydrogen-bond acceptors (Lipinski definition) is 4. The molecule has 1 N–H and O–H groups in total. The van der Waals surface area contributed by atoms with Gasteiger partial charge in [0.1, 0.15) is 17.3 Å². The van der Waals surface area contributed by atoms with Gasteiger partial charge in [-0.2, -0.15) is 5.26 Å². The number of methoxy groups -OCH3 is 1. The van der Waals surface area contributed by atoms with E-state index in [0.717, 1.165) is 18.5 Å². The number of aromatic nitrogens is 1. The van der Waals surface area contributed by atoms with Gasteiger partial charge in [0.15, 0.2) is 0 Å². The zero-order valence-electron chi connectivity index (χ0n) is 11.8. The van der Waals surface area contributed by atoms with Crippen LogP contribution in [-0.4, -0.2) is 46.3 Å². The number of carboxylic acids is 1. The van der Waals surface area contributed by atoms with Gasteiger partial charge in [-0.05, 0) is 31.0 Å². The van der Waals surface area contributed by atoms with Crippen LogP contribution in [-0.2, 0) is 23.1 Å². The van der Waals surface area contributed by atoms with Crippen LogP contribution in [0.3, 0.4) is 0 Å². The number of carbonyl (C=O) groups is 1. The molecule has 2 rings (SSSR count). The van der Waals surface area contributed by atoms with Crippen LogP contribution in [0.15, 0.2) is 12.3 Å². The van der Waals surface area contributed by atoms with Crippen molar-refractivity contribution in [1.29, 1.82) is 5.26 Å². The van der Waals surface area contributed by atoms with Crippen molar-refractivity contribution in [3.63, 3.8) is 0 Å². The van der Waals surface area contributed by atoms with E-state index in [1.54, 1.807) is 10.6 Å². The Morgan fingerprint density at radius 3 is 2.95 bits per heavy atom. The highest BCUT2D eigenvalue weighted by Crippen LogP contribution is 2.31. The molecule has 108 valence electrons. The average Bonchev–Trinajstić information content (AvgIpc) is 2.95. The smallest absolute Gasteiger partial charge is 0.326 e. The Labute approximate surface area is 118 Å². The van der Waals surface area contributed by atoms with Crippen LogP contribution in [0.1, 0.15) is 24.1 Å². The van der Waals surface area contributed by atoms with Crippen molar-refractivity contribution in [2.75, 3.05) is 20.3 Å². The number of aliphatic carboxylic acids is 1. The minimum atomic E-state index is -0.947. The number of hydrogen-bond donors (Lipinski definition) is 1. The summed E-state index contributed by atoms with van der Waals surface area (Å²) in [5, 5.41) is 18.5. The Morgan fingerprint density at radius 1 is 1.65 bits per heavy atom. The van der Waals surface area contributed by atoms with Crippen LogP contribution in [0.5, 0.6) is 0 Å². The highest BCUT2D eigenvalue weighted by atomic mass is 16.5. The van der Waals surface area contributed by atoms with E-state index in [0.29, 0.717) is 18.7 Å². The summed E-state index contributed by atoms with van der Waals surface area (Å²) in [6, 6.07) is 3.92. The SMILES string of the molecule is COCC1(C(=O)O)CCCN1Cc1cc(C#N)n(C)c1. The van der Waals surface area contributed by atoms with Gasteiger partial charge in [0.25, 0.3) is 0 Å². The molecule has 0 amide bonds. The lowest BCUT2D eigenvalue weighted by atomic mass is 9.97. The highest BCUT2D eigenvalue weighted by molar-refractivity contribution is 5.79. The molecule has 0 saturated carbocycles. The Morgan fingerprint density at radius 2 is 2.40 bits per heavy atom. The number of rotatable bonds is 5. The largest absolute Gasteiger partial charge is 0.480 e. The van der Waals surface area contributed by atoms with Crippen LogP contribution in [0, 0.1) is 11.3 Å². The number of nitrogens with zero attached hydrogens (tertiary/aromatic N) is 3. The third-order valence-corrected chi connectivity index (χ3v) is 3.95. The molecule has 1 aliphatic heterocycles. The molecule has 0 aromatic carbocycles. The first-order valence-corrected chi connectivity index (χ1v) is 6.56. The third-order valence-electron chi connectivity index (χ3n) is 3.95. The van der Waals surface area contributed by atoms with Gasteiger partial charge in [-0.15, -0.1) is 0 Å². The van der Waals surface area contributed by atoms with E-state index in [9.17, 15) is 9.90 Å². The van der Waals surface area contributed by atoms with Gasteiger partial charge in [-0.3, -0.25) is 9.69 Å². The Hall–Kier alpha value is -1.84. The van der Waals surface area contributed by atoms with Crippen molar-refractivity contribution in [2.45, 2.75) is 24.9 Å². The van der Waals surface area contributed by atoms with E-state index in [1.807, 2.05) is 18.1 Å². The molecule has 0 aliphatic carbocycles. The minimum Gasteiger partial charge on any atom is -0.480 e. The summed E-state index contributed by atoms with van der Waals surface area (Å²) in [7, 11) is 3.34. The van der Waals surface area contributed by atoms with Gasteiger partial charge in [-0.1, -0.05) is 0 Å². The molecule has 1 atom stereocenters. The summed E-state index contributed by atoms with van der Waals surface area (Å²) in [5.41, 5.74) is 0.580. The molecule has 2 heterocycles. The second kappa shape index (κ2) is 5.65. The predicted molar refractivity (Wildman–Crippen MR) is 72.0 cm³/mol. The fourth-order valence-corrected chi connectivity index (χ4v) is 2.92. The monoisotopic (exact) mass is 277 g/mol. The van der Waals surface area contributed by atoms with Gasteiger partial charge in [-0.25, -0.2) is 0 Å². The quantitative estimate of drug-likeness (QED) is 0.867. The maximum absolute atomic E-state index is 11.7. The maximum atomic E-state index is 11.7. The summed E-state index contributed by atoms with van der Waals surface area (Å²) in [4.78, 5) is 13.6. The summed E-state index contributed by atoms with van der Waals surface area (Å²) >= 11 is 0. The van der Waals surface area contributed by atoms with Crippen molar-refractivity contribution in [1.82, 2.24) is 9.47 Å². The van der Waals surface area contributed by atoms with Crippen LogP contribution < -0.4 is 0 Å². The van der Waals surface area contributed by atoms with Crippen molar-refractivity contribution < 1.29 is 14.6 Å². The lowest BCUT2D eigenvalue weighted by Crippen LogP contribution is -2.53. The molecule has 0 radical (unpaired) electrons. The first kappa shape index (κ1) is 14.6. The Kier molecular flexibility index (Phi) is 4.12. The maximum Gasteiger partial charge on any atom is 0.326 e. The second-order valence-corrected chi connectivity index (χ2v) is 5.25. The Bertz CT molecular complexity index is 546. The second-order valence-electron chi connectivity index (χ2n) is 5.25. The van der Waals surface area contributed by atoms with Crippen molar-refractivity contribution in [3.05, 3.63) is 23.5 Å². The molecule has 6 heteroatoms. The first-order valence-electron chi connectivity index (χ1n) is 6.56. The first-order chi connectivity index (χ1) is 9.53. The molecule has 20 heavy (non-hydrogen) atoms. The summed E-state index contributed by atoms with van der Waals surface area (Å²) in [6.07, 6.45) is 3.30. The molecule has 6 nitrogen and oxygen atoms in total. The lowest BCUT2D eigenvalue weighted by Gasteiger charge is -2.33. The van der Waals surface area contributed by atoms with E-state index in [1.165, 1.54) is 7.11 Å². The molecular weight excluding hydrogens is 258 g/mol. The van der Waals surface area contributed by atoms with E-state index in [2.05, 4.69) is 6.07 Å². The minimum absolute atomic E-state index is 0.181. The fourth-order valence-electron chi connectivity index (χ4n) is 2.92. The molecule has 1 aromatic rings. The van der Waals surface area contributed by atoms with Gasteiger partial charge < -0.3 is 14.4 Å². The molecule has 1 fully saturated rings. The molecule has 1 saturated heterocycles. The number of nitriles is 1. The van der Waals surface area contributed by atoms with Crippen molar-refractivity contribution >= 4 is 5.97 Å². The average molecular weight is 277 g/mol.